The van der Waals surface area contributed by atoms with Gasteiger partial charge in [-0.25, -0.2) is 0 Å². The molecule has 2 aromatic rings. The Morgan fingerprint density at radius 1 is 1.10 bits per heavy atom. The van der Waals surface area contributed by atoms with Crippen molar-refractivity contribution in [3.8, 4) is 11.5 Å². The predicted octanol–water partition coefficient (Wildman–Crippen LogP) is 4.67. The predicted molar refractivity (Wildman–Crippen MR) is 87.7 cm³/mol. The first-order valence-corrected chi connectivity index (χ1v) is 7.31. The maximum atomic E-state index is 5.97. The van der Waals surface area contributed by atoms with E-state index >= 15 is 0 Å². The molecule has 0 bridgehead atoms. The monoisotopic (exact) mass is 305 g/mol. The lowest BCUT2D eigenvalue weighted by Gasteiger charge is -2.13. The van der Waals surface area contributed by atoms with Gasteiger partial charge in [-0.1, -0.05) is 17.7 Å². The first-order valence-electron chi connectivity index (χ1n) is 6.93. The summed E-state index contributed by atoms with van der Waals surface area (Å²) in [6, 6.07) is 11.8. The van der Waals surface area contributed by atoms with E-state index in [1.54, 1.807) is 7.11 Å². The van der Waals surface area contributed by atoms with E-state index in [2.05, 4.69) is 12.2 Å². The van der Waals surface area contributed by atoms with Crippen LogP contribution in [0.3, 0.4) is 0 Å². The fourth-order valence-corrected chi connectivity index (χ4v) is 2.33. The lowest BCUT2D eigenvalue weighted by atomic mass is 10.1. The van der Waals surface area contributed by atoms with Crippen LogP contribution in [0.5, 0.6) is 11.5 Å². The van der Waals surface area contributed by atoms with Gasteiger partial charge in [0.1, 0.15) is 0 Å². The molecule has 0 aromatic heterocycles. The third-order valence-electron chi connectivity index (χ3n) is 3.25. The average molecular weight is 306 g/mol. The van der Waals surface area contributed by atoms with Gasteiger partial charge < -0.3 is 14.8 Å². The quantitative estimate of drug-likeness (QED) is 0.841. The van der Waals surface area contributed by atoms with E-state index in [9.17, 15) is 0 Å². The molecule has 3 nitrogen and oxygen atoms in total. The first kappa shape index (κ1) is 15.5. The molecule has 0 saturated heterocycles. The molecule has 0 saturated carbocycles. The average Bonchev–Trinajstić information content (AvgIpc) is 2.47. The van der Waals surface area contributed by atoms with Crippen molar-refractivity contribution in [3.05, 3.63) is 52.5 Å². The van der Waals surface area contributed by atoms with Crippen LogP contribution in [0.2, 0.25) is 5.02 Å². The maximum Gasteiger partial charge on any atom is 0.162 e. The van der Waals surface area contributed by atoms with Crippen LogP contribution in [-0.2, 0) is 6.54 Å². The van der Waals surface area contributed by atoms with Crippen molar-refractivity contribution in [3.63, 3.8) is 0 Å². The van der Waals surface area contributed by atoms with Crippen LogP contribution in [-0.4, -0.2) is 13.7 Å². The number of halogens is 1. The van der Waals surface area contributed by atoms with Gasteiger partial charge in [-0.2, -0.15) is 0 Å². The van der Waals surface area contributed by atoms with Crippen molar-refractivity contribution < 1.29 is 9.47 Å². The highest BCUT2D eigenvalue weighted by atomic mass is 35.5. The van der Waals surface area contributed by atoms with Gasteiger partial charge >= 0.3 is 0 Å². The van der Waals surface area contributed by atoms with Crippen LogP contribution < -0.4 is 14.8 Å². The molecule has 1 N–H and O–H groups in total. The number of benzene rings is 2. The highest BCUT2D eigenvalue weighted by Crippen LogP contribution is 2.30. The second kappa shape index (κ2) is 7.23. The zero-order valence-electron chi connectivity index (χ0n) is 12.6. The van der Waals surface area contributed by atoms with E-state index in [0.29, 0.717) is 6.61 Å². The van der Waals surface area contributed by atoms with Crippen molar-refractivity contribution in [2.24, 2.45) is 0 Å². The molecule has 0 aliphatic heterocycles. The van der Waals surface area contributed by atoms with E-state index in [4.69, 9.17) is 21.1 Å². The Hall–Kier alpha value is -1.87. The minimum atomic E-state index is 0.618. The molecule has 4 heteroatoms. The van der Waals surface area contributed by atoms with Gasteiger partial charge in [0.2, 0.25) is 0 Å². The van der Waals surface area contributed by atoms with Crippen LogP contribution >= 0.6 is 11.6 Å². The molecule has 0 amide bonds. The van der Waals surface area contributed by atoms with Crippen LogP contribution in [0.25, 0.3) is 0 Å². The van der Waals surface area contributed by atoms with Gasteiger partial charge in [-0.3, -0.25) is 0 Å². The van der Waals surface area contributed by atoms with E-state index in [1.807, 2.05) is 43.3 Å². The third-order valence-corrected chi connectivity index (χ3v) is 3.49. The fourth-order valence-electron chi connectivity index (χ4n) is 2.11. The van der Waals surface area contributed by atoms with Crippen molar-refractivity contribution in [2.75, 3.05) is 19.0 Å². The topological polar surface area (TPSA) is 30.5 Å². The van der Waals surface area contributed by atoms with Crippen LogP contribution in [0.1, 0.15) is 18.1 Å². The highest BCUT2D eigenvalue weighted by Gasteiger charge is 2.06. The Morgan fingerprint density at radius 2 is 1.90 bits per heavy atom. The van der Waals surface area contributed by atoms with E-state index in [1.165, 1.54) is 11.1 Å². The normalized spacial score (nSPS) is 10.3. The first-order chi connectivity index (χ1) is 10.1. The Kier molecular flexibility index (Phi) is 5.34. The molecule has 112 valence electrons. The molecule has 21 heavy (non-hydrogen) atoms. The fraction of sp³-hybridized carbons (Fsp3) is 0.294. The van der Waals surface area contributed by atoms with Crippen LogP contribution in [0.4, 0.5) is 5.69 Å². The number of hydrogen-bond donors (Lipinski definition) is 1. The van der Waals surface area contributed by atoms with E-state index in [0.717, 1.165) is 28.8 Å². The summed E-state index contributed by atoms with van der Waals surface area (Å²) in [5.41, 5.74) is 3.38. The van der Waals surface area contributed by atoms with E-state index in [-0.39, 0.29) is 0 Å². The number of ether oxygens (including phenoxy) is 2. The molecule has 0 spiro atoms. The standard InChI is InChI=1S/C17H20ClNO2/c1-4-21-16-8-7-15(10-17(16)20-3)19-11-13-5-6-14(18)9-12(13)2/h5-10,19H,4,11H2,1-3H3. The third kappa shape index (κ3) is 4.05. The molecular formula is C17H20ClNO2. The molecule has 2 aromatic carbocycles. The summed E-state index contributed by atoms with van der Waals surface area (Å²) in [6.45, 7) is 5.36. The lowest BCUT2D eigenvalue weighted by molar-refractivity contribution is 0.311. The van der Waals surface area contributed by atoms with Gasteiger partial charge in [0.15, 0.2) is 11.5 Å². The molecular weight excluding hydrogens is 286 g/mol. The summed E-state index contributed by atoms with van der Waals surface area (Å²) >= 11 is 5.97. The summed E-state index contributed by atoms with van der Waals surface area (Å²) in [7, 11) is 1.64. The van der Waals surface area contributed by atoms with Crippen LogP contribution in [0.15, 0.2) is 36.4 Å². The number of nitrogens with one attached hydrogen (secondary N) is 1. The minimum absolute atomic E-state index is 0.618. The maximum absolute atomic E-state index is 5.97. The van der Waals surface area contributed by atoms with Gasteiger partial charge in [-0.15, -0.1) is 0 Å². The number of methoxy groups -OCH3 is 1. The number of rotatable bonds is 6. The highest BCUT2D eigenvalue weighted by molar-refractivity contribution is 6.30. The molecule has 0 radical (unpaired) electrons. The van der Waals surface area contributed by atoms with Crippen molar-refractivity contribution in [1.82, 2.24) is 0 Å². The second-order valence-electron chi connectivity index (χ2n) is 4.72. The zero-order chi connectivity index (χ0) is 15.2. The van der Waals surface area contributed by atoms with Crippen molar-refractivity contribution in [2.45, 2.75) is 20.4 Å². The summed E-state index contributed by atoms with van der Waals surface area (Å²) in [5.74, 6) is 1.49. The zero-order valence-corrected chi connectivity index (χ0v) is 13.3. The van der Waals surface area contributed by atoms with E-state index < -0.39 is 0 Å². The van der Waals surface area contributed by atoms with Crippen molar-refractivity contribution in [1.29, 1.82) is 0 Å². The van der Waals surface area contributed by atoms with Gasteiger partial charge in [0.25, 0.3) is 0 Å². The molecule has 2 rings (SSSR count). The molecule has 0 fully saturated rings. The van der Waals surface area contributed by atoms with Crippen LogP contribution in [0, 0.1) is 6.92 Å². The molecule has 0 aliphatic rings. The Balaban J connectivity index is 2.09. The SMILES string of the molecule is CCOc1ccc(NCc2ccc(Cl)cc2C)cc1OC. The smallest absolute Gasteiger partial charge is 0.162 e. The summed E-state index contributed by atoms with van der Waals surface area (Å²) in [4.78, 5) is 0. The summed E-state index contributed by atoms with van der Waals surface area (Å²) < 4.78 is 10.9. The molecule has 0 heterocycles. The minimum Gasteiger partial charge on any atom is -0.493 e. The largest absolute Gasteiger partial charge is 0.493 e. The Labute approximate surface area is 130 Å². The Bertz CT molecular complexity index is 614. The van der Waals surface area contributed by atoms with Crippen molar-refractivity contribution >= 4 is 17.3 Å². The summed E-state index contributed by atoms with van der Waals surface area (Å²) in [6.07, 6.45) is 0. The molecule has 0 atom stereocenters. The number of anilines is 1. The summed E-state index contributed by atoms with van der Waals surface area (Å²) in [5, 5.41) is 4.15. The Morgan fingerprint density at radius 3 is 2.57 bits per heavy atom. The number of aryl methyl sites for hydroxylation is 1. The molecule has 0 unspecified atom stereocenters. The van der Waals surface area contributed by atoms with Gasteiger partial charge in [0.05, 0.1) is 13.7 Å². The lowest BCUT2D eigenvalue weighted by Crippen LogP contribution is -2.02. The van der Waals surface area contributed by atoms with Gasteiger partial charge in [-0.05, 0) is 49.2 Å². The van der Waals surface area contributed by atoms with Gasteiger partial charge in [0, 0.05) is 23.3 Å². The molecule has 0 aliphatic carbocycles. The number of hydrogen-bond acceptors (Lipinski definition) is 3. The second-order valence-corrected chi connectivity index (χ2v) is 5.16.